The van der Waals surface area contributed by atoms with Crippen molar-refractivity contribution in [1.82, 2.24) is 0 Å². The molecule has 0 aromatic heterocycles. The number of hydrogen-bond acceptors (Lipinski definition) is 6. The van der Waals surface area contributed by atoms with Crippen LogP contribution in [0.4, 0.5) is 5.69 Å². The molecule has 6 heteroatoms. The average Bonchev–Trinajstić information content (AvgIpc) is 3.59. The van der Waals surface area contributed by atoms with Gasteiger partial charge in [0.1, 0.15) is 23.9 Å². The van der Waals surface area contributed by atoms with Crippen LogP contribution in [0.15, 0.2) is 48.5 Å². The first-order valence-corrected chi connectivity index (χ1v) is 12.4. The van der Waals surface area contributed by atoms with E-state index in [1.807, 2.05) is 12.1 Å². The largest absolute Gasteiger partial charge is 0.497 e. The van der Waals surface area contributed by atoms with E-state index in [0.29, 0.717) is 6.61 Å². The molecule has 0 radical (unpaired) electrons. The van der Waals surface area contributed by atoms with Crippen molar-refractivity contribution in [3.63, 3.8) is 0 Å². The van der Waals surface area contributed by atoms with Crippen molar-refractivity contribution in [2.75, 3.05) is 45.6 Å². The van der Waals surface area contributed by atoms with E-state index in [0.717, 1.165) is 53.8 Å². The maximum absolute atomic E-state index is 6.36. The number of rotatable bonds is 7. The second-order valence-corrected chi connectivity index (χ2v) is 9.50. The molecule has 3 aliphatic rings. The molecule has 1 atom stereocenters. The van der Waals surface area contributed by atoms with Gasteiger partial charge in [-0.25, -0.2) is 0 Å². The Kier molecular flexibility index (Phi) is 5.39. The lowest BCUT2D eigenvalue weighted by Crippen LogP contribution is -2.36. The summed E-state index contributed by atoms with van der Waals surface area (Å²) in [6.07, 6.45) is 3.58. The van der Waals surface area contributed by atoms with Crippen LogP contribution < -0.4 is 28.6 Å². The van der Waals surface area contributed by atoms with Crippen LogP contribution in [0.2, 0.25) is 0 Å². The lowest BCUT2D eigenvalue weighted by Gasteiger charge is -2.26. The number of benzene rings is 3. The highest BCUT2D eigenvalue weighted by molar-refractivity contribution is 5.83. The fourth-order valence-corrected chi connectivity index (χ4v) is 5.79. The van der Waals surface area contributed by atoms with Gasteiger partial charge in [-0.1, -0.05) is 31.9 Å². The second kappa shape index (κ2) is 8.59. The van der Waals surface area contributed by atoms with Crippen LogP contribution in [-0.2, 0) is 5.41 Å². The standard InChI is InChI=1S/C29H31NO5/c1-4-5-6-10-30-16-29(17-33-25-15-27-26(14-23(25)29)34-18-35-27)28-22(8-7-9-24(28)30)19-11-20(31-2)13-21(12-19)32-3/h7-9,11-15H,4-6,10,16-18H2,1-3H3. The van der Waals surface area contributed by atoms with Gasteiger partial charge < -0.3 is 28.6 Å². The van der Waals surface area contributed by atoms with Crippen LogP contribution in [0.5, 0.6) is 28.7 Å². The van der Waals surface area contributed by atoms with Gasteiger partial charge in [-0.15, -0.1) is 0 Å². The third kappa shape index (κ3) is 3.46. The molecular weight excluding hydrogens is 442 g/mol. The molecule has 0 saturated carbocycles. The third-order valence-corrected chi connectivity index (χ3v) is 7.48. The highest BCUT2D eigenvalue weighted by Crippen LogP contribution is 2.57. The summed E-state index contributed by atoms with van der Waals surface area (Å²) in [5.74, 6) is 3.98. The minimum Gasteiger partial charge on any atom is -0.497 e. The molecule has 0 N–H and O–H groups in total. The van der Waals surface area contributed by atoms with Gasteiger partial charge in [0, 0.05) is 36.5 Å². The molecule has 0 saturated heterocycles. The highest BCUT2D eigenvalue weighted by atomic mass is 16.7. The summed E-state index contributed by atoms with van der Waals surface area (Å²) in [6, 6.07) is 16.8. The summed E-state index contributed by atoms with van der Waals surface area (Å²) in [7, 11) is 3.38. The quantitative estimate of drug-likeness (QED) is 0.405. The third-order valence-electron chi connectivity index (χ3n) is 7.48. The van der Waals surface area contributed by atoms with Crippen molar-refractivity contribution in [2.45, 2.75) is 31.6 Å². The average molecular weight is 474 g/mol. The van der Waals surface area contributed by atoms with Gasteiger partial charge in [-0.05, 0) is 47.4 Å². The van der Waals surface area contributed by atoms with Crippen molar-refractivity contribution >= 4 is 5.69 Å². The van der Waals surface area contributed by atoms with E-state index in [2.05, 4.69) is 48.2 Å². The number of fused-ring (bicyclic) bond motifs is 5. The Balaban J connectivity index is 1.55. The fraction of sp³-hybridized carbons (Fsp3) is 0.379. The SMILES string of the molecule is CCCCCN1CC2(COc3cc4c(cc32)OCO4)c2c(-c3cc(OC)cc(OC)c3)cccc21. The molecule has 0 aliphatic carbocycles. The van der Waals surface area contributed by atoms with Crippen molar-refractivity contribution in [1.29, 1.82) is 0 Å². The molecule has 182 valence electrons. The molecule has 1 spiro atoms. The van der Waals surface area contributed by atoms with E-state index in [1.165, 1.54) is 35.2 Å². The molecule has 6 rings (SSSR count). The summed E-state index contributed by atoms with van der Waals surface area (Å²) in [6.45, 7) is 4.97. The molecule has 1 unspecified atom stereocenters. The van der Waals surface area contributed by atoms with Gasteiger partial charge in [0.05, 0.1) is 19.6 Å². The van der Waals surface area contributed by atoms with E-state index in [9.17, 15) is 0 Å². The van der Waals surface area contributed by atoms with E-state index >= 15 is 0 Å². The molecule has 35 heavy (non-hydrogen) atoms. The minimum absolute atomic E-state index is 0.250. The summed E-state index contributed by atoms with van der Waals surface area (Å²) in [5, 5.41) is 0. The summed E-state index contributed by atoms with van der Waals surface area (Å²) in [5.41, 5.74) is 5.68. The van der Waals surface area contributed by atoms with Gasteiger partial charge in [0.15, 0.2) is 11.5 Å². The number of ether oxygens (including phenoxy) is 5. The van der Waals surface area contributed by atoms with Crippen LogP contribution in [-0.4, -0.2) is 40.7 Å². The molecule has 3 aromatic rings. The van der Waals surface area contributed by atoms with E-state index in [4.69, 9.17) is 23.7 Å². The first-order chi connectivity index (χ1) is 17.2. The van der Waals surface area contributed by atoms with Crippen molar-refractivity contribution in [2.24, 2.45) is 0 Å². The monoisotopic (exact) mass is 473 g/mol. The Morgan fingerprint density at radius 3 is 2.40 bits per heavy atom. The normalized spacial score (nSPS) is 19.0. The van der Waals surface area contributed by atoms with Gasteiger partial charge in [0.2, 0.25) is 6.79 Å². The van der Waals surface area contributed by atoms with E-state index in [-0.39, 0.29) is 12.2 Å². The zero-order chi connectivity index (χ0) is 24.0. The van der Waals surface area contributed by atoms with Gasteiger partial charge >= 0.3 is 0 Å². The predicted molar refractivity (Wildman–Crippen MR) is 136 cm³/mol. The molecular formula is C29H31NO5. The van der Waals surface area contributed by atoms with Crippen LogP contribution >= 0.6 is 0 Å². The number of hydrogen-bond donors (Lipinski definition) is 0. The molecule has 3 aromatic carbocycles. The van der Waals surface area contributed by atoms with Crippen LogP contribution in [0.3, 0.4) is 0 Å². The van der Waals surface area contributed by atoms with E-state index < -0.39 is 0 Å². The Bertz CT molecular complexity index is 1250. The first-order valence-electron chi connectivity index (χ1n) is 12.4. The number of methoxy groups -OCH3 is 2. The fourth-order valence-electron chi connectivity index (χ4n) is 5.79. The van der Waals surface area contributed by atoms with Crippen molar-refractivity contribution in [3.8, 4) is 39.9 Å². The predicted octanol–water partition coefficient (Wildman–Crippen LogP) is 5.79. The van der Waals surface area contributed by atoms with Crippen LogP contribution in [0, 0.1) is 0 Å². The summed E-state index contributed by atoms with van der Waals surface area (Å²) >= 11 is 0. The topological polar surface area (TPSA) is 49.4 Å². The maximum atomic E-state index is 6.36. The minimum atomic E-state index is -0.301. The lowest BCUT2D eigenvalue weighted by molar-refractivity contribution is 0.173. The van der Waals surface area contributed by atoms with Gasteiger partial charge in [0.25, 0.3) is 0 Å². The summed E-state index contributed by atoms with van der Waals surface area (Å²) < 4.78 is 29.0. The smallest absolute Gasteiger partial charge is 0.231 e. The zero-order valence-corrected chi connectivity index (χ0v) is 20.6. The van der Waals surface area contributed by atoms with Crippen molar-refractivity contribution in [3.05, 3.63) is 59.7 Å². The Hall–Kier alpha value is -3.54. The molecule has 0 bridgehead atoms. The number of nitrogens with zero attached hydrogens (tertiary/aromatic N) is 1. The Labute approximate surface area is 206 Å². The maximum Gasteiger partial charge on any atom is 0.231 e. The molecule has 3 heterocycles. The van der Waals surface area contributed by atoms with Crippen molar-refractivity contribution < 1.29 is 23.7 Å². The highest BCUT2D eigenvalue weighted by Gasteiger charge is 2.51. The first kappa shape index (κ1) is 22.0. The Morgan fingerprint density at radius 1 is 0.886 bits per heavy atom. The van der Waals surface area contributed by atoms with Gasteiger partial charge in [-0.3, -0.25) is 0 Å². The molecule has 0 amide bonds. The van der Waals surface area contributed by atoms with Crippen LogP contribution in [0.1, 0.15) is 37.3 Å². The lowest BCUT2D eigenvalue weighted by atomic mass is 9.74. The number of anilines is 1. The van der Waals surface area contributed by atoms with E-state index in [1.54, 1.807) is 14.2 Å². The zero-order valence-electron chi connectivity index (χ0n) is 20.6. The van der Waals surface area contributed by atoms with Crippen LogP contribution in [0.25, 0.3) is 11.1 Å². The Morgan fingerprint density at radius 2 is 1.66 bits per heavy atom. The molecule has 3 aliphatic heterocycles. The van der Waals surface area contributed by atoms with Gasteiger partial charge in [-0.2, -0.15) is 0 Å². The molecule has 0 fully saturated rings. The molecule has 6 nitrogen and oxygen atoms in total. The second-order valence-electron chi connectivity index (χ2n) is 9.50. The number of unbranched alkanes of at least 4 members (excludes halogenated alkanes) is 2. The summed E-state index contributed by atoms with van der Waals surface area (Å²) in [4.78, 5) is 2.54.